The van der Waals surface area contributed by atoms with Crippen LogP contribution in [-0.4, -0.2) is 48.4 Å². The van der Waals surface area contributed by atoms with Crippen LogP contribution in [0.2, 0.25) is 0 Å². The minimum absolute atomic E-state index is 0.0668. The number of carbonyl (C=O) groups is 1. The highest BCUT2D eigenvalue weighted by Crippen LogP contribution is 2.05. The van der Waals surface area contributed by atoms with Gasteiger partial charge in [-0.3, -0.25) is 4.79 Å². The van der Waals surface area contributed by atoms with Crippen LogP contribution in [0, 0.1) is 0 Å². The van der Waals surface area contributed by atoms with E-state index in [0.717, 1.165) is 32.7 Å². The number of hydrogen-bond donors (Lipinski definition) is 0. The zero-order valence-electron chi connectivity index (χ0n) is 10.1. The first-order valence-corrected chi connectivity index (χ1v) is 6.02. The first-order valence-electron chi connectivity index (χ1n) is 6.02. The van der Waals surface area contributed by atoms with Crippen molar-refractivity contribution in [3.8, 4) is 0 Å². The van der Waals surface area contributed by atoms with Gasteiger partial charge in [-0.2, -0.15) is 0 Å². The molecule has 1 amide bonds. The summed E-state index contributed by atoms with van der Waals surface area (Å²) in [4.78, 5) is 16.1. The first kappa shape index (κ1) is 11.9. The molecule has 0 N–H and O–H groups in total. The molecule has 2 heterocycles. The van der Waals surface area contributed by atoms with Crippen LogP contribution in [0.25, 0.3) is 6.08 Å². The maximum atomic E-state index is 11.9. The molecule has 1 saturated heterocycles. The van der Waals surface area contributed by atoms with Gasteiger partial charge in [-0.25, -0.2) is 0 Å². The summed E-state index contributed by atoms with van der Waals surface area (Å²) in [6, 6.07) is 3.64. The molecule has 1 aromatic heterocycles. The Morgan fingerprint density at radius 2 is 2.18 bits per heavy atom. The Labute approximate surface area is 101 Å². The van der Waals surface area contributed by atoms with E-state index in [1.165, 1.54) is 0 Å². The first-order chi connectivity index (χ1) is 8.29. The lowest BCUT2D eigenvalue weighted by atomic mass is 10.3. The minimum atomic E-state index is 0.0668. The number of nitrogens with zero attached hydrogens (tertiary/aromatic N) is 2. The number of furan rings is 1. The van der Waals surface area contributed by atoms with E-state index < -0.39 is 0 Å². The summed E-state index contributed by atoms with van der Waals surface area (Å²) in [5, 5.41) is 0. The molecule has 0 radical (unpaired) electrons. The van der Waals surface area contributed by atoms with Crippen molar-refractivity contribution in [2.24, 2.45) is 0 Å². The van der Waals surface area contributed by atoms with Gasteiger partial charge in [0.2, 0.25) is 5.91 Å². The smallest absolute Gasteiger partial charge is 0.246 e. The van der Waals surface area contributed by atoms with Crippen molar-refractivity contribution in [2.75, 3.05) is 32.7 Å². The van der Waals surface area contributed by atoms with Crippen molar-refractivity contribution in [2.45, 2.75) is 6.92 Å². The van der Waals surface area contributed by atoms with Gasteiger partial charge in [0.15, 0.2) is 0 Å². The number of piperazine rings is 1. The van der Waals surface area contributed by atoms with Gasteiger partial charge in [-0.15, -0.1) is 0 Å². The monoisotopic (exact) mass is 234 g/mol. The predicted octanol–water partition coefficient (Wildman–Crippen LogP) is 1.46. The van der Waals surface area contributed by atoms with Gasteiger partial charge in [0, 0.05) is 32.3 Å². The minimum Gasteiger partial charge on any atom is -0.465 e. The topological polar surface area (TPSA) is 36.7 Å². The highest BCUT2D eigenvalue weighted by atomic mass is 16.3. The summed E-state index contributed by atoms with van der Waals surface area (Å²) in [7, 11) is 0. The Balaban J connectivity index is 1.85. The average Bonchev–Trinajstić information content (AvgIpc) is 2.89. The van der Waals surface area contributed by atoms with Crippen molar-refractivity contribution in [1.29, 1.82) is 0 Å². The van der Waals surface area contributed by atoms with Crippen LogP contribution in [-0.2, 0) is 4.79 Å². The maximum Gasteiger partial charge on any atom is 0.246 e. The van der Waals surface area contributed by atoms with E-state index in [9.17, 15) is 4.79 Å². The second-order valence-electron chi connectivity index (χ2n) is 4.11. The summed E-state index contributed by atoms with van der Waals surface area (Å²) in [5.74, 6) is 0.780. The molecule has 92 valence electrons. The van der Waals surface area contributed by atoms with Crippen LogP contribution < -0.4 is 0 Å². The summed E-state index contributed by atoms with van der Waals surface area (Å²) >= 11 is 0. The van der Waals surface area contributed by atoms with E-state index in [-0.39, 0.29) is 5.91 Å². The quantitative estimate of drug-likeness (QED) is 0.743. The number of carbonyl (C=O) groups excluding carboxylic acids is 1. The molecule has 0 saturated carbocycles. The highest BCUT2D eigenvalue weighted by molar-refractivity contribution is 5.91. The third kappa shape index (κ3) is 3.20. The van der Waals surface area contributed by atoms with Crippen LogP contribution in [0.1, 0.15) is 12.7 Å². The number of amides is 1. The Morgan fingerprint density at radius 1 is 1.41 bits per heavy atom. The Kier molecular flexibility index (Phi) is 3.98. The van der Waals surface area contributed by atoms with Gasteiger partial charge < -0.3 is 14.2 Å². The van der Waals surface area contributed by atoms with E-state index in [2.05, 4.69) is 11.8 Å². The van der Waals surface area contributed by atoms with Crippen LogP contribution >= 0.6 is 0 Å². The predicted molar refractivity (Wildman–Crippen MR) is 66.4 cm³/mol. The fourth-order valence-electron chi connectivity index (χ4n) is 1.93. The molecule has 4 nitrogen and oxygen atoms in total. The lowest BCUT2D eigenvalue weighted by molar-refractivity contribution is -0.127. The lowest BCUT2D eigenvalue weighted by Gasteiger charge is -2.33. The molecular formula is C13H18N2O2. The van der Waals surface area contributed by atoms with E-state index in [1.54, 1.807) is 18.4 Å². The molecule has 0 aromatic carbocycles. The van der Waals surface area contributed by atoms with Crippen molar-refractivity contribution >= 4 is 12.0 Å². The van der Waals surface area contributed by atoms with E-state index >= 15 is 0 Å². The summed E-state index contributed by atoms with van der Waals surface area (Å²) in [5.41, 5.74) is 0. The summed E-state index contributed by atoms with van der Waals surface area (Å²) in [6.45, 7) is 6.77. The van der Waals surface area contributed by atoms with Gasteiger partial charge in [0.1, 0.15) is 5.76 Å². The molecule has 1 aliphatic rings. The Morgan fingerprint density at radius 3 is 2.76 bits per heavy atom. The molecule has 4 heteroatoms. The number of likely N-dealkylation sites (N-methyl/N-ethyl adjacent to an activating group) is 1. The van der Waals surface area contributed by atoms with E-state index in [1.807, 2.05) is 17.0 Å². The van der Waals surface area contributed by atoms with Gasteiger partial charge >= 0.3 is 0 Å². The lowest BCUT2D eigenvalue weighted by Crippen LogP contribution is -2.48. The molecule has 0 aliphatic carbocycles. The van der Waals surface area contributed by atoms with Crippen LogP contribution in [0.5, 0.6) is 0 Å². The third-order valence-corrected chi connectivity index (χ3v) is 3.06. The fraction of sp³-hybridized carbons (Fsp3) is 0.462. The Hall–Kier alpha value is -1.55. The summed E-state index contributed by atoms with van der Waals surface area (Å²) < 4.78 is 5.14. The highest BCUT2D eigenvalue weighted by Gasteiger charge is 2.18. The molecule has 1 aliphatic heterocycles. The van der Waals surface area contributed by atoms with E-state index in [0.29, 0.717) is 5.76 Å². The SMILES string of the molecule is CCN1CCN(C(=O)/C=C/c2ccco2)CC1. The third-order valence-electron chi connectivity index (χ3n) is 3.06. The Bertz CT molecular complexity index is 376. The van der Waals surface area contributed by atoms with Gasteiger partial charge in [0.05, 0.1) is 6.26 Å². The van der Waals surface area contributed by atoms with Crippen LogP contribution in [0.4, 0.5) is 0 Å². The maximum absolute atomic E-state index is 11.9. The van der Waals surface area contributed by atoms with Crippen LogP contribution in [0.15, 0.2) is 28.9 Å². The molecule has 17 heavy (non-hydrogen) atoms. The molecular weight excluding hydrogens is 216 g/mol. The van der Waals surface area contributed by atoms with Crippen molar-refractivity contribution in [3.63, 3.8) is 0 Å². The van der Waals surface area contributed by atoms with Crippen molar-refractivity contribution in [1.82, 2.24) is 9.80 Å². The fourth-order valence-corrected chi connectivity index (χ4v) is 1.93. The number of hydrogen-bond acceptors (Lipinski definition) is 3. The molecule has 0 spiro atoms. The van der Waals surface area contributed by atoms with Gasteiger partial charge in [-0.1, -0.05) is 6.92 Å². The standard InChI is InChI=1S/C13H18N2O2/c1-2-14-7-9-15(10-8-14)13(16)6-5-12-4-3-11-17-12/h3-6,11H,2,7-10H2,1H3/b6-5+. The molecule has 1 fully saturated rings. The van der Waals surface area contributed by atoms with Crippen LogP contribution in [0.3, 0.4) is 0 Å². The average molecular weight is 234 g/mol. The van der Waals surface area contributed by atoms with Crippen molar-refractivity contribution in [3.05, 3.63) is 30.2 Å². The zero-order chi connectivity index (χ0) is 12.1. The molecule has 1 aromatic rings. The molecule has 0 bridgehead atoms. The second kappa shape index (κ2) is 5.68. The molecule has 2 rings (SSSR count). The number of rotatable bonds is 3. The normalized spacial score (nSPS) is 17.8. The molecule has 0 atom stereocenters. The zero-order valence-corrected chi connectivity index (χ0v) is 10.1. The molecule has 0 unspecified atom stereocenters. The van der Waals surface area contributed by atoms with Crippen molar-refractivity contribution < 1.29 is 9.21 Å². The van der Waals surface area contributed by atoms with E-state index in [4.69, 9.17) is 4.42 Å². The van der Waals surface area contributed by atoms with Gasteiger partial charge in [-0.05, 0) is 24.8 Å². The van der Waals surface area contributed by atoms with Gasteiger partial charge in [0.25, 0.3) is 0 Å². The summed E-state index contributed by atoms with van der Waals surface area (Å²) in [6.07, 6.45) is 4.90. The second-order valence-corrected chi connectivity index (χ2v) is 4.11. The largest absolute Gasteiger partial charge is 0.465 e.